The minimum atomic E-state index is 0.495. The number of nitrogens with one attached hydrogen (secondary N) is 2. The van der Waals surface area contributed by atoms with Gasteiger partial charge in [-0.1, -0.05) is 0 Å². The largest absolute Gasteiger partial charge is 0.366 e. The maximum Gasteiger partial charge on any atom is 0.157 e. The van der Waals surface area contributed by atoms with Gasteiger partial charge in [-0.15, -0.1) is 0 Å². The van der Waals surface area contributed by atoms with Crippen LogP contribution in [-0.4, -0.2) is 33.7 Å². The SMILES string of the molecule is Cc1cc(NC2CCNC2)n2ncnc2c1. The van der Waals surface area contributed by atoms with Crippen LogP contribution >= 0.6 is 0 Å². The monoisotopic (exact) mass is 217 g/mol. The topological polar surface area (TPSA) is 54.2 Å². The molecular weight excluding hydrogens is 202 g/mol. The molecule has 3 rings (SSSR count). The van der Waals surface area contributed by atoms with Gasteiger partial charge in [-0.25, -0.2) is 4.98 Å². The van der Waals surface area contributed by atoms with Crippen LogP contribution in [0.1, 0.15) is 12.0 Å². The third-order valence-corrected chi connectivity index (χ3v) is 2.94. The highest BCUT2D eigenvalue weighted by molar-refractivity contribution is 5.51. The van der Waals surface area contributed by atoms with Gasteiger partial charge in [0, 0.05) is 12.6 Å². The summed E-state index contributed by atoms with van der Waals surface area (Å²) in [5.74, 6) is 1.03. The molecule has 2 N–H and O–H groups in total. The Morgan fingerprint density at radius 2 is 2.44 bits per heavy atom. The molecule has 0 aromatic carbocycles. The van der Waals surface area contributed by atoms with E-state index in [4.69, 9.17) is 0 Å². The van der Waals surface area contributed by atoms with E-state index in [0.29, 0.717) is 6.04 Å². The molecule has 1 aliphatic rings. The van der Waals surface area contributed by atoms with Crippen molar-refractivity contribution in [2.24, 2.45) is 0 Å². The number of anilines is 1. The summed E-state index contributed by atoms with van der Waals surface area (Å²) in [5, 5.41) is 11.1. The molecule has 2 aromatic heterocycles. The van der Waals surface area contributed by atoms with E-state index in [1.165, 1.54) is 5.56 Å². The van der Waals surface area contributed by atoms with Crippen molar-refractivity contribution >= 4 is 11.5 Å². The minimum absolute atomic E-state index is 0.495. The summed E-state index contributed by atoms with van der Waals surface area (Å²) in [6, 6.07) is 4.64. The summed E-state index contributed by atoms with van der Waals surface area (Å²) < 4.78 is 1.85. The zero-order valence-corrected chi connectivity index (χ0v) is 9.27. The summed E-state index contributed by atoms with van der Waals surface area (Å²) in [6.07, 6.45) is 2.75. The fourth-order valence-corrected chi connectivity index (χ4v) is 2.15. The average molecular weight is 217 g/mol. The van der Waals surface area contributed by atoms with Crippen molar-refractivity contribution in [3.05, 3.63) is 24.0 Å². The molecule has 0 aliphatic carbocycles. The summed E-state index contributed by atoms with van der Waals surface area (Å²) in [4.78, 5) is 4.21. The molecule has 1 saturated heterocycles. The van der Waals surface area contributed by atoms with Gasteiger partial charge in [-0.05, 0) is 37.6 Å². The standard InChI is InChI=1S/C11H15N5/c1-8-4-10-13-7-14-16(10)11(5-8)15-9-2-3-12-6-9/h4-5,7,9,12,15H,2-3,6H2,1H3. The van der Waals surface area contributed by atoms with Crippen LogP contribution in [-0.2, 0) is 0 Å². The number of aryl methyl sites for hydroxylation is 1. The van der Waals surface area contributed by atoms with Crippen molar-refractivity contribution in [1.29, 1.82) is 0 Å². The first-order valence-electron chi connectivity index (χ1n) is 5.60. The maximum atomic E-state index is 4.22. The summed E-state index contributed by atoms with van der Waals surface area (Å²) in [6.45, 7) is 4.18. The molecule has 0 radical (unpaired) electrons. The number of fused-ring (bicyclic) bond motifs is 1. The zero-order chi connectivity index (χ0) is 11.0. The Labute approximate surface area is 93.9 Å². The Balaban J connectivity index is 1.97. The number of rotatable bonds is 2. The Hall–Kier alpha value is -1.62. The van der Waals surface area contributed by atoms with Crippen LogP contribution in [0.15, 0.2) is 18.5 Å². The first-order valence-corrected chi connectivity index (χ1v) is 5.60. The van der Waals surface area contributed by atoms with Gasteiger partial charge in [-0.2, -0.15) is 9.61 Å². The number of pyridine rings is 1. The van der Waals surface area contributed by atoms with Crippen LogP contribution in [0.25, 0.3) is 5.65 Å². The van der Waals surface area contributed by atoms with Gasteiger partial charge in [-0.3, -0.25) is 0 Å². The molecule has 84 valence electrons. The quantitative estimate of drug-likeness (QED) is 0.781. The second-order valence-electron chi connectivity index (χ2n) is 4.28. The molecule has 1 unspecified atom stereocenters. The van der Waals surface area contributed by atoms with Crippen LogP contribution in [0, 0.1) is 6.92 Å². The van der Waals surface area contributed by atoms with E-state index < -0.39 is 0 Å². The van der Waals surface area contributed by atoms with E-state index in [9.17, 15) is 0 Å². The normalized spacial score (nSPS) is 20.4. The zero-order valence-electron chi connectivity index (χ0n) is 9.27. The third kappa shape index (κ3) is 1.63. The van der Waals surface area contributed by atoms with Crippen molar-refractivity contribution in [2.75, 3.05) is 18.4 Å². The molecule has 2 aromatic rings. The highest BCUT2D eigenvalue weighted by Crippen LogP contribution is 2.15. The number of aromatic nitrogens is 3. The van der Waals surface area contributed by atoms with Gasteiger partial charge in [0.05, 0.1) is 0 Å². The lowest BCUT2D eigenvalue weighted by Crippen LogP contribution is -2.23. The molecule has 0 spiro atoms. The molecule has 3 heterocycles. The van der Waals surface area contributed by atoms with Crippen LogP contribution in [0.2, 0.25) is 0 Å². The average Bonchev–Trinajstić information content (AvgIpc) is 2.87. The Kier molecular flexibility index (Phi) is 2.25. The number of hydrogen-bond acceptors (Lipinski definition) is 4. The van der Waals surface area contributed by atoms with Gasteiger partial charge >= 0.3 is 0 Å². The van der Waals surface area contributed by atoms with Crippen molar-refractivity contribution in [2.45, 2.75) is 19.4 Å². The molecule has 1 fully saturated rings. The molecule has 0 bridgehead atoms. The Morgan fingerprint density at radius 1 is 1.50 bits per heavy atom. The van der Waals surface area contributed by atoms with E-state index in [1.807, 2.05) is 10.6 Å². The smallest absolute Gasteiger partial charge is 0.157 e. The molecular formula is C11H15N5. The second kappa shape index (κ2) is 3.75. The first kappa shape index (κ1) is 9.59. The molecule has 5 nitrogen and oxygen atoms in total. The summed E-state index contributed by atoms with van der Waals surface area (Å²) >= 11 is 0. The number of nitrogens with zero attached hydrogens (tertiary/aromatic N) is 3. The van der Waals surface area contributed by atoms with E-state index in [2.05, 4.69) is 33.7 Å². The van der Waals surface area contributed by atoms with Gasteiger partial charge < -0.3 is 10.6 Å². The molecule has 5 heteroatoms. The molecule has 1 atom stereocenters. The predicted molar refractivity (Wildman–Crippen MR) is 62.6 cm³/mol. The second-order valence-corrected chi connectivity index (χ2v) is 4.28. The van der Waals surface area contributed by atoms with Crippen LogP contribution in [0.4, 0.5) is 5.82 Å². The fourth-order valence-electron chi connectivity index (χ4n) is 2.15. The van der Waals surface area contributed by atoms with Gasteiger partial charge in [0.25, 0.3) is 0 Å². The minimum Gasteiger partial charge on any atom is -0.366 e. The Morgan fingerprint density at radius 3 is 3.25 bits per heavy atom. The summed E-state index contributed by atoms with van der Waals surface area (Å²) in [5.41, 5.74) is 2.10. The van der Waals surface area contributed by atoms with Crippen molar-refractivity contribution < 1.29 is 0 Å². The van der Waals surface area contributed by atoms with Gasteiger partial charge in [0.15, 0.2) is 5.65 Å². The van der Waals surface area contributed by atoms with Crippen LogP contribution in [0.3, 0.4) is 0 Å². The number of hydrogen-bond donors (Lipinski definition) is 2. The maximum absolute atomic E-state index is 4.22. The summed E-state index contributed by atoms with van der Waals surface area (Å²) in [7, 11) is 0. The highest BCUT2D eigenvalue weighted by Gasteiger charge is 2.15. The third-order valence-electron chi connectivity index (χ3n) is 2.94. The van der Waals surface area contributed by atoms with Gasteiger partial charge in [0.2, 0.25) is 0 Å². The van der Waals surface area contributed by atoms with Crippen molar-refractivity contribution in [1.82, 2.24) is 19.9 Å². The molecule has 0 amide bonds. The lowest BCUT2D eigenvalue weighted by atomic mass is 10.2. The predicted octanol–water partition coefficient (Wildman–Crippen LogP) is 0.812. The molecule has 16 heavy (non-hydrogen) atoms. The van der Waals surface area contributed by atoms with E-state index in [1.54, 1.807) is 6.33 Å². The highest BCUT2D eigenvalue weighted by atomic mass is 15.3. The van der Waals surface area contributed by atoms with Crippen LogP contribution in [0.5, 0.6) is 0 Å². The van der Waals surface area contributed by atoms with Crippen LogP contribution < -0.4 is 10.6 Å². The Bertz CT molecular complexity index is 498. The fraction of sp³-hybridized carbons (Fsp3) is 0.455. The van der Waals surface area contributed by atoms with E-state index in [-0.39, 0.29) is 0 Å². The molecule has 0 saturated carbocycles. The van der Waals surface area contributed by atoms with E-state index >= 15 is 0 Å². The van der Waals surface area contributed by atoms with Crippen molar-refractivity contribution in [3.8, 4) is 0 Å². The first-order chi connectivity index (χ1) is 7.83. The van der Waals surface area contributed by atoms with E-state index in [0.717, 1.165) is 31.0 Å². The van der Waals surface area contributed by atoms with Crippen molar-refractivity contribution in [3.63, 3.8) is 0 Å². The lowest BCUT2D eigenvalue weighted by Gasteiger charge is -2.14. The van der Waals surface area contributed by atoms with Gasteiger partial charge in [0.1, 0.15) is 12.1 Å². The molecule has 1 aliphatic heterocycles. The lowest BCUT2D eigenvalue weighted by molar-refractivity contribution is 0.776.